The lowest BCUT2D eigenvalue weighted by Gasteiger charge is -2.30. The van der Waals surface area contributed by atoms with Crippen LogP contribution >= 0.6 is 0 Å². The molecule has 1 heterocycles. The summed E-state index contributed by atoms with van der Waals surface area (Å²) in [6.07, 6.45) is 0. The zero-order chi connectivity index (χ0) is 24.8. The van der Waals surface area contributed by atoms with Crippen LogP contribution in [-0.4, -0.2) is 26.2 Å². The van der Waals surface area contributed by atoms with E-state index in [0.717, 1.165) is 5.56 Å². The average molecular weight is 474 g/mol. The quantitative estimate of drug-likeness (QED) is 0.446. The number of para-hydroxylation sites is 1. The molecular formula is C27H27N3O5. The highest BCUT2D eigenvalue weighted by atomic mass is 16.5. The van der Waals surface area contributed by atoms with Gasteiger partial charge in [0, 0.05) is 16.9 Å². The zero-order valence-corrected chi connectivity index (χ0v) is 19.8. The van der Waals surface area contributed by atoms with E-state index in [9.17, 15) is 9.59 Å². The topological polar surface area (TPSA) is 97.9 Å². The largest absolute Gasteiger partial charge is 0.497 e. The predicted molar refractivity (Wildman–Crippen MR) is 133 cm³/mol. The molecule has 0 fully saturated rings. The van der Waals surface area contributed by atoms with Gasteiger partial charge in [-0.1, -0.05) is 42.5 Å². The standard InChI is InChI=1S/C27H27N3O5/c1-17-23(26(31)29-19-12-14-20(33-2)15-13-19)24(30-27(32)28-17)21-10-7-11-22(34-3)25(21)35-16-18-8-5-4-6-9-18/h4-15,24H,16H2,1-3H3,(H,29,31)(H2,28,30,32)/t24-/m1/s1. The highest BCUT2D eigenvalue weighted by Gasteiger charge is 2.34. The molecule has 0 saturated carbocycles. The maximum atomic E-state index is 13.4. The second kappa shape index (κ2) is 10.6. The van der Waals surface area contributed by atoms with Crippen LogP contribution in [0.5, 0.6) is 17.2 Å². The van der Waals surface area contributed by atoms with E-state index in [1.807, 2.05) is 36.4 Å². The van der Waals surface area contributed by atoms with Crippen molar-refractivity contribution in [3.63, 3.8) is 0 Å². The minimum absolute atomic E-state index is 0.295. The second-order valence-corrected chi connectivity index (χ2v) is 7.91. The lowest BCUT2D eigenvalue weighted by Crippen LogP contribution is -2.46. The highest BCUT2D eigenvalue weighted by molar-refractivity contribution is 6.07. The van der Waals surface area contributed by atoms with E-state index in [2.05, 4.69) is 16.0 Å². The van der Waals surface area contributed by atoms with E-state index >= 15 is 0 Å². The number of hydrogen-bond acceptors (Lipinski definition) is 5. The monoisotopic (exact) mass is 473 g/mol. The van der Waals surface area contributed by atoms with Gasteiger partial charge in [-0.15, -0.1) is 0 Å². The molecule has 3 N–H and O–H groups in total. The van der Waals surface area contributed by atoms with Gasteiger partial charge in [-0.2, -0.15) is 0 Å². The fraction of sp³-hybridized carbons (Fsp3) is 0.185. The number of benzene rings is 3. The Balaban J connectivity index is 1.68. The molecule has 0 aromatic heterocycles. The third-order valence-electron chi connectivity index (χ3n) is 5.63. The Kier molecular flexibility index (Phi) is 7.21. The number of rotatable bonds is 8. The molecule has 8 nitrogen and oxygen atoms in total. The van der Waals surface area contributed by atoms with Crippen molar-refractivity contribution in [3.8, 4) is 17.2 Å². The smallest absolute Gasteiger partial charge is 0.319 e. The number of urea groups is 1. The SMILES string of the molecule is COc1ccc(NC(=O)C2=C(C)NC(=O)N[C@@H]2c2cccc(OC)c2OCc2ccccc2)cc1. The van der Waals surface area contributed by atoms with Crippen LogP contribution in [-0.2, 0) is 11.4 Å². The lowest BCUT2D eigenvalue weighted by molar-refractivity contribution is -0.113. The minimum atomic E-state index is -0.761. The van der Waals surface area contributed by atoms with Crippen molar-refractivity contribution in [1.29, 1.82) is 0 Å². The van der Waals surface area contributed by atoms with Crippen molar-refractivity contribution in [2.24, 2.45) is 0 Å². The van der Waals surface area contributed by atoms with Crippen molar-refractivity contribution in [3.05, 3.63) is 95.2 Å². The molecule has 3 amide bonds. The molecule has 1 atom stereocenters. The lowest BCUT2D eigenvalue weighted by atomic mass is 9.93. The summed E-state index contributed by atoms with van der Waals surface area (Å²) < 4.78 is 16.9. The number of anilines is 1. The van der Waals surface area contributed by atoms with Gasteiger partial charge in [-0.3, -0.25) is 4.79 Å². The van der Waals surface area contributed by atoms with Crippen LogP contribution in [0.15, 0.2) is 84.1 Å². The van der Waals surface area contributed by atoms with Gasteiger partial charge < -0.3 is 30.2 Å². The first-order valence-corrected chi connectivity index (χ1v) is 11.1. The Labute approximate surface area is 203 Å². The molecule has 4 rings (SSSR count). The summed E-state index contributed by atoms with van der Waals surface area (Å²) in [4.78, 5) is 25.8. The minimum Gasteiger partial charge on any atom is -0.497 e. The van der Waals surface area contributed by atoms with Crippen molar-refractivity contribution >= 4 is 17.6 Å². The molecule has 1 aliphatic rings. The molecule has 1 aliphatic heterocycles. The number of nitrogens with one attached hydrogen (secondary N) is 3. The molecule has 3 aromatic carbocycles. The van der Waals surface area contributed by atoms with Crippen LogP contribution in [0.25, 0.3) is 0 Å². The number of allylic oxidation sites excluding steroid dienone is 1. The van der Waals surface area contributed by atoms with Crippen molar-refractivity contribution in [2.45, 2.75) is 19.6 Å². The molecule has 3 aromatic rings. The van der Waals surface area contributed by atoms with Gasteiger partial charge in [-0.05, 0) is 42.8 Å². The van der Waals surface area contributed by atoms with Crippen molar-refractivity contribution in [1.82, 2.24) is 10.6 Å². The molecule has 0 unspecified atom stereocenters. The molecule has 0 radical (unpaired) electrons. The van der Waals surface area contributed by atoms with E-state index in [1.165, 1.54) is 0 Å². The maximum Gasteiger partial charge on any atom is 0.319 e. The number of hydrogen-bond donors (Lipinski definition) is 3. The van der Waals surface area contributed by atoms with E-state index in [-0.39, 0.29) is 5.91 Å². The van der Waals surface area contributed by atoms with Gasteiger partial charge in [0.25, 0.3) is 5.91 Å². The van der Waals surface area contributed by atoms with Gasteiger partial charge in [0.2, 0.25) is 0 Å². The fourth-order valence-electron chi connectivity index (χ4n) is 3.91. The van der Waals surface area contributed by atoms with E-state index in [0.29, 0.717) is 46.4 Å². The Bertz CT molecular complexity index is 1240. The van der Waals surface area contributed by atoms with E-state index < -0.39 is 12.1 Å². The molecule has 0 spiro atoms. The van der Waals surface area contributed by atoms with Gasteiger partial charge in [0.05, 0.1) is 25.8 Å². The number of carbonyl (C=O) groups is 2. The predicted octanol–water partition coefficient (Wildman–Crippen LogP) is 4.55. The molecule has 180 valence electrons. The summed E-state index contributed by atoms with van der Waals surface area (Å²) in [7, 11) is 3.13. The molecule has 35 heavy (non-hydrogen) atoms. The molecular weight excluding hydrogens is 446 g/mol. The Morgan fingerprint density at radius 2 is 1.69 bits per heavy atom. The summed E-state index contributed by atoms with van der Waals surface area (Å²) >= 11 is 0. The Morgan fingerprint density at radius 3 is 2.37 bits per heavy atom. The summed E-state index contributed by atoms with van der Waals surface area (Å²) in [6.45, 7) is 1.99. The van der Waals surface area contributed by atoms with Crippen LogP contribution < -0.4 is 30.2 Å². The summed E-state index contributed by atoms with van der Waals surface area (Å²) in [5.41, 5.74) is 2.98. The van der Waals surface area contributed by atoms with Gasteiger partial charge in [0.15, 0.2) is 11.5 Å². The first kappa shape index (κ1) is 23.7. The van der Waals surface area contributed by atoms with Crippen LogP contribution in [0, 0.1) is 0 Å². The van der Waals surface area contributed by atoms with Crippen LogP contribution in [0.4, 0.5) is 10.5 Å². The summed E-state index contributed by atoms with van der Waals surface area (Å²) in [5, 5.41) is 8.46. The maximum absolute atomic E-state index is 13.4. The van der Waals surface area contributed by atoms with Crippen molar-refractivity contribution in [2.75, 3.05) is 19.5 Å². The highest BCUT2D eigenvalue weighted by Crippen LogP contribution is 2.39. The Morgan fingerprint density at radius 1 is 0.943 bits per heavy atom. The van der Waals surface area contributed by atoms with Gasteiger partial charge in [-0.25, -0.2) is 4.79 Å². The van der Waals surface area contributed by atoms with Crippen LogP contribution in [0.2, 0.25) is 0 Å². The summed E-state index contributed by atoms with van der Waals surface area (Å²) in [6, 6.07) is 20.9. The molecule has 8 heteroatoms. The number of carbonyl (C=O) groups excluding carboxylic acids is 2. The zero-order valence-electron chi connectivity index (χ0n) is 19.8. The molecule has 0 saturated heterocycles. The first-order valence-electron chi connectivity index (χ1n) is 11.1. The molecule has 0 bridgehead atoms. The number of ether oxygens (including phenoxy) is 3. The summed E-state index contributed by atoms with van der Waals surface area (Å²) in [5.74, 6) is 1.27. The third kappa shape index (κ3) is 5.38. The van der Waals surface area contributed by atoms with Crippen LogP contribution in [0.3, 0.4) is 0 Å². The van der Waals surface area contributed by atoms with E-state index in [1.54, 1.807) is 57.5 Å². The van der Waals surface area contributed by atoms with Gasteiger partial charge in [0.1, 0.15) is 12.4 Å². The second-order valence-electron chi connectivity index (χ2n) is 7.91. The van der Waals surface area contributed by atoms with Gasteiger partial charge >= 0.3 is 6.03 Å². The number of amides is 3. The van der Waals surface area contributed by atoms with E-state index in [4.69, 9.17) is 14.2 Å². The van der Waals surface area contributed by atoms with Crippen LogP contribution in [0.1, 0.15) is 24.1 Å². The van der Waals surface area contributed by atoms with Crippen molar-refractivity contribution < 1.29 is 23.8 Å². The first-order chi connectivity index (χ1) is 17.0. The third-order valence-corrected chi connectivity index (χ3v) is 5.63. The average Bonchev–Trinajstić information content (AvgIpc) is 2.87. The fourth-order valence-corrected chi connectivity index (χ4v) is 3.91. The Hall–Kier alpha value is -4.46. The number of methoxy groups -OCH3 is 2. The normalized spacial score (nSPS) is 15.1. The molecule has 0 aliphatic carbocycles.